The van der Waals surface area contributed by atoms with E-state index in [1.165, 1.54) is 43.4 Å². The van der Waals surface area contributed by atoms with Crippen LogP contribution in [-0.4, -0.2) is 10.1 Å². The summed E-state index contributed by atoms with van der Waals surface area (Å²) < 4.78 is 0. The molecule has 2 nitrogen and oxygen atoms in total. The van der Waals surface area contributed by atoms with Crippen molar-refractivity contribution in [2.45, 2.75) is 69.8 Å². The van der Waals surface area contributed by atoms with Gasteiger partial charge < -0.3 is 5.11 Å². The summed E-state index contributed by atoms with van der Waals surface area (Å²) in [7, 11) is 0. The maximum absolute atomic E-state index is 10.8. The second-order valence-electron chi connectivity index (χ2n) is 5.99. The molecule has 0 spiro atoms. The van der Waals surface area contributed by atoms with Gasteiger partial charge in [-0.3, -0.25) is 4.98 Å². The molecule has 0 saturated carbocycles. The number of hydrogen-bond acceptors (Lipinski definition) is 2. The summed E-state index contributed by atoms with van der Waals surface area (Å²) in [4.78, 5) is 4.56. The van der Waals surface area contributed by atoms with Gasteiger partial charge in [-0.25, -0.2) is 0 Å². The molecule has 98 valence electrons. The van der Waals surface area contributed by atoms with Crippen LogP contribution in [0.3, 0.4) is 0 Å². The van der Waals surface area contributed by atoms with E-state index in [1.54, 1.807) is 0 Å². The van der Waals surface area contributed by atoms with Crippen molar-refractivity contribution in [3.63, 3.8) is 0 Å². The highest BCUT2D eigenvalue weighted by Gasteiger charge is 2.36. The molecule has 1 aromatic rings. The zero-order valence-corrected chi connectivity index (χ0v) is 11.1. The predicted octanol–water partition coefficient (Wildman–Crippen LogP) is 3.50. The van der Waals surface area contributed by atoms with Crippen LogP contribution in [0, 0.1) is 0 Å². The van der Waals surface area contributed by atoms with Crippen molar-refractivity contribution in [2.24, 2.45) is 0 Å². The molecule has 2 heteroatoms. The zero-order valence-electron chi connectivity index (χ0n) is 11.1. The van der Waals surface area contributed by atoms with Gasteiger partial charge >= 0.3 is 0 Å². The summed E-state index contributed by atoms with van der Waals surface area (Å²) in [5.41, 5.74) is 3.11. The van der Waals surface area contributed by atoms with Gasteiger partial charge in [-0.1, -0.05) is 32.1 Å². The molecular formula is C16H23NO. The molecule has 0 radical (unpaired) electrons. The number of aromatic nitrogens is 1. The van der Waals surface area contributed by atoms with E-state index in [-0.39, 0.29) is 0 Å². The quantitative estimate of drug-likeness (QED) is 0.759. The first-order valence-corrected chi connectivity index (χ1v) is 7.49. The average Bonchev–Trinajstić information content (AvgIpc) is 2.71. The molecule has 1 N–H and O–H groups in total. The van der Waals surface area contributed by atoms with E-state index < -0.39 is 5.60 Å². The van der Waals surface area contributed by atoms with Gasteiger partial charge in [-0.15, -0.1) is 0 Å². The van der Waals surface area contributed by atoms with E-state index in [1.807, 2.05) is 6.20 Å². The number of hydrogen-bond donors (Lipinski definition) is 1. The molecule has 1 aliphatic heterocycles. The van der Waals surface area contributed by atoms with Crippen LogP contribution in [0.15, 0.2) is 12.3 Å². The largest absolute Gasteiger partial charge is 0.385 e. The molecule has 0 aromatic carbocycles. The van der Waals surface area contributed by atoms with Gasteiger partial charge in [-0.2, -0.15) is 0 Å². The lowest BCUT2D eigenvalue weighted by molar-refractivity contribution is 0.0265. The number of pyridine rings is 1. The fourth-order valence-corrected chi connectivity index (χ4v) is 3.48. The molecular weight excluding hydrogens is 222 g/mol. The number of rotatable bonds is 0. The molecule has 3 aliphatic rings. The Bertz CT molecular complexity index is 429. The normalized spacial score (nSPS) is 28.5. The zero-order chi connectivity index (χ0) is 12.4. The SMILES string of the molecule is O[C@]12CCCCCCCCc3cc(c1cn3)CC2. The second kappa shape index (κ2) is 5.00. The predicted molar refractivity (Wildman–Crippen MR) is 72.5 cm³/mol. The molecule has 4 bridgehead atoms. The van der Waals surface area contributed by atoms with Crippen molar-refractivity contribution < 1.29 is 5.11 Å². The van der Waals surface area contributed by atoms with E-state index in [4.69, 9.17) is 0 Å². The van der Waals surface area contributed by atoms with E-state index in [9.17, 15) is 5.11 Å². The minimum absolute atomic E-state index is 0.574. The minimum Gasteiger partial charge on any atom is -0.385 e. The third-order valence-corrected chi connectivity index (χ3v) is 4.63. The monoisotopic (exact) mass is 245 g/mol. The van der Waals surface area contributed by atoms with Gasteiger partial charge in [0.2, 0.25) is 0 Å². The minimum atomic E-state index is -0.574. The van der Waals surface area contributed by atoms with Crippen molar-refractivity contribution in [3.8, 4) is 0 Å². The fraction of sp³-hybridized carbons (Fsp3) is 0.688. The van der Waals surface area contributed by atoms with Gasteiger partial charge in [0, 0.05) is 17.5 Å². The smallest absolute Gasteiger partial charge is 0.0917 e. The van der Waals surface area contributed by atoms with Gasteiger partial charge in [0.1, 0.15) is 0 Å². The Balaban J connectivity index is 1.89. The van der Waals surface area contributed by atoms with Crippen LogP contribution < -0.4 is 0 Å². The molecule has 0 saturated heterocycles. The Hall–Kier alpha value is -0.890. The van der Waals surface area contributed by atoms with Gasteiger partial charge in [0.15, 0.2) is 0 Å². The summed E-state index contributed by atoms with van der Waals surface area (Å²) in [6.45, 7) is 0. The molecule has 2 aliphatic carbocycles. The van der Waals surface area contributed by atoms with Crippen LogP contribution in [0.1, 0.15) is 68.2 Å². The number of fused-ring (bicyclic) bond motifs is 8. The summed E-state index contributed by atoms with van der Waals surface area (Å²) in [6.07, 6.45) is 13.6. The third kappa shape index (κ3) is 2.31. The standard InChI is InChI=1S/C16H23NO/c18-16-9-6-4-2-1-3-5-7-14-11-13(8-10-16)15(16)12-17-14/h11-12,18H,1-10H2/t16-/m0/s1. The molecule has 1 atom stereocenters. The molecule has 0 unspecified atom stereocenters. The summed E-state index contributed by atoms with van der Waals surface area (Å²) >= 11 is 0. The molecule has 0 amide bonds. The maximum atomic E-state index is 10.8. The molecule has 2 heterocycles. The summed E-state index contributed by atoms with van der Waals surface area (Å²) in [6, 6.07) is 2.24. The van der Waals surface area contributed by atoms with Crippen molar-refractivity contribution in [1.29, 1.82) is 0 Å². The molecule has 4 rings (SSSR count). The van der Waals surface area contributed by atoms with Crippen LogP contribution >= 0.6 is 0 Å². The lowest BCUT2D eigenvalue weighted by Gasteiger charge is -2.23. The number of aliphatic hydroxyl groups is 1. The van der Waals surface area contributed by atoms with E-state index >= 15 is 0 Å². The van der Waals surface area contributed by atoms with E-state index in [0.29, 0.717) is 0 Å². The van der Waals surface area contributed by atoms with Crippen LogP contribution in [-0.2, 0) is 18.4 Å². The van der Waals surface area contributed by atoms with Crippen molar-refractivity contribution >= 4 is 0 Å². The Morgan fingerprint density at radius 1 is 0.944 bits per heavy atom. The van der Waals surface area contributed by atoms with Gasteiger partial charge in [0.25, 0.3) is 0 Å². The summed E-state index contributed by atoms with van der Waals surface area (Å²) in [5, 5.41) is 10.8. The van der Waals surface area contributed by atoms with Crippen molar-refractivity contribution in [2.75, 3.05) is 0 Å². The van der Waals surface area contributed by atoms with Crippen molar-refractivity contribution in [3.05, 3.63) is 29.1 Å². The second-order valence-corrected chi connectivity index (χ2v) is 5.99. The average molecular weight is 245 g/mol. The third-order valence-electron chi connectivity index (χ3n) is 4.63. The van der Waals surface area contributed by atoms with Crippen LogP contribution in [0.4, 0.5) is 0 Å². The highest BCUT2D eigenvalue weighted by molar-refractivity contribution is 5.36. The lowest BCUT2D eigenvalue weighted by Crippen LogP contribution is -2.22. The number of aryl methyl sites for hydroxylation is 2. The Morgan fingerprint density at radius 3 is 2.61 bits per heavy atom. The Kier molecular flexibility index (Phi) is 3.38. The summed E-state index contributed by atoms with van der Waals surface area (Å²) in [5.74, 6) is 0. The van der Waals surface area contributed by atoms with Crippen LogP contribution in [0.25, 0.3) is 0 Å². The lowest BCUT2D eigenvalue weighted by atomic mass is 9.90. The molecule has 1 aromatic heterocycles. The van der Waals surface area contributed by atoms with Crippen LogP contribution in [0.5, 0.6) is 0 Å². The van der Waals surface area contributed by atoms with Crippen LogP contribution in [0.2, 0.25) is 0 Å². The molecule has 0 fully saturated rings. The first kappa shape index (κ1) is 12.2. The first-order valence-electron chi connectivity index (χ1n) is 7.49. The van der Waals surface area contributed by atoms with Gasteiger partial charge in [0.05, 0.1) is 5.60 Å². The fourth-order valence-electron chi connectivity index (χ4n) is 3.48. The maximum Gasteiger partial charge on any atom is 0.0917 e. The highest BCUT2D eigenvalue weighted by atomic mass is 16.3. The highest BCUT2D eigenvalue weighted by Crippen LogP contribution is 2.40. The van der Waals surface area contributed by atoms with Crippen molar-refractivity contribution in [1.82, 2.24) is 4.98 Å². The molecule has 18 heavy (non-hydrogen) atoms. The van der Waals surface area contributed by atoms with Gasteiger partial charge in [-0.05, 0) is 43.7 Å². The number of nitrogens with zero attached hydrogens (tertiary/aromatic N) is 1. The Morgan fingerprint density at radius 2 is 1.72 bits per heavy atom. The van der Waals surface area contributed by atoms with E-state index in [2.05, 4.69) is 11.1 Å². The van der Waals surface area contributed by atoms with E-state index in [0.717, 1.165) is 37.7 Å². The Labute approximate surface area is 109 Å². The topological polar surface area (TPSA) is 33.1 Å². The first-order chi connectivity index (χ1) is 8.78.